The number of carbonyl (C=O) groups is 1. The lowest BCUT2D eigenvalue weighted by Gasteiger charge is -2.16. The van der Waals surface area contributed by atoms with Crippen molar-refractivity contribution in [2.75, 3.05) is 12.4 Å². The molecule has 4 aromatic rings. The number of para-hydroxylation sites is 1. The van der Waals surface area contributed by atoms with Crippen LogP contribution in [0.4, 0.5) is 15.9 Å². The minimum atomic E-state index is -0.316. The molecule has 1 aliphatic heterocycles. The Balaban J connectivity index is 1.48. The van der Waals surface area contributed by atoms with Gasteiger partial charge in [-0.15, -0.1) is 0 Å². The number of ether oxygens (including phenoxy) is 1. The first kappa shape index (κ1) is 23.2. The summed E-state index contributed by atoms with van der Waals surface area (Å²) in [6.07, 6.45) is 5.28. The highest BCUT2D eigenvalue weighted by atomic mass is 19.1. The van der Waals surface area contributed by atoms with Gasteiger partial charge in [0.2, 0.25) is 0 Å². The van der Waals surface area contributed by atoms with Crippen molar-refractivity contribution in [3.63, 3.8) is 0 Å². The molecule has 7 nitrogen and oxygen atoms in total. The summed E-state index contributed by atoms with van der Waals surface area (Å²) in [5.74, 6) is 1.24. The third kappa shape index (κ3) is 5.07. The number of rotatable bonds is 7. The predicted molar refractivity (Wildman–Crippen MR) is 139 cm³/mol. The molecule has 0 atom stereocenters. The molecule has 1 aliphatic rings. The second-order valence-electron chi connectivity index (χ2n) is 8.28. The number of hydrogen-bond donors (Lipinski definition) is 2. The molecule has 5 rings (SSSR count). The summed E-state index contributed by atoms with van der Waals surface area (Å²) in [6.45, 7) is 0.278. The molecule has 1 aromatic heterocycles. The fraction of sp³-hybridized carbons (Fsp3) is 0.143. The zero-order valence-corrected chi connectivity index (χ0v) is 19.7. The Morgan fingerprint density at radius 2 is 1.89 bits per heavy atom. The van der Waals surface area contributed by atoms with Crippen molar-refractivity contribution < 1.29 is 13.9 Å². The summed E-state index contributed by atoms with van der Waals surface area (Å²) in [4.78, 5) is 26.9. The fourth-order valence-corrected chi connectivity index (χ4v) is 3.94. The van der Waals surface area contributed by atoms with Gasteiger partial charge in [-0.25, -0.2) is 14.4 Å². The Hall–Kier alpha value is -4.59. The van der Waals surface area contributed by atoms with Gasteiger partial charge in [0.25, 0.3) is 5.91 Å². The van der Waals surface area contributed by atoms with E-state index in [2.05, 4.69) is 15.6 Å². The van der Waals surface area contributed by atoms with Gasteiger partial charge in [-0.3, -0.25) is 9.79 Å². The highest BCUT2D eigenvalue weighted by Crippen LogP contribution is 2.31. The number of halogens is 1. The third-order valence-electron chi connectivity index (χ3n) is 5.86. The first-order valence-corrected chi connectivity index (χ1v) is 11.6. The van der Waals surface area contributed by atoms with E-state index in [1.807, 2.05) is 36.5 Å². The first-order chi connectivity index (χ1) is 17.6. The van der Waals surface area contributed by atoms with Crippen molar-refractivity contribution in [2.24, 2.45) is 4.99 Å². The number of allylic oxidation sites excluding steroid dienone is 1. The van der Waals surface area contributed by atoms with Crippen molar-refractivity contribution in [1.29, 1.82) is 0 Å². The lowest BCUT2D eigenvalue weighted by molar-refractivity contribution is 0.0951. The topological polar surface area (TPSA) is 88.5 Å². The largest absolute Gasteiger partial charge is 0.497 e. The van der Waals surface area contributed by atoms with E-state index in [1.165, 1.54) is 12.1 Å². The van der Waals surface area contributed by atoms with Gasteiger partial charge in [-0.05, 0) is 60.9 Å². The van der Waals surface area contributed by atoms with Crippen molar-refractivity contribution in [3.8, 4) is 5.75 Å². The van der Waals surface area contributed by atoms with Crippen LogP contribution in [0.3, 0.4) is 0 Å². The average molecular weight is 482 g/mol. The Bertz CT molecular complexity index is 1480. The number of amides is 1. The molecule has 36 heavy (non-hydrogen) atoms. The monoisotopic (exact) mass is 481 g/mol. The van der Waals surface area contributed by atoms with Crippen LogP contribution in [0.1, 0.15) is 34.6 Å². The fourth-order valence-electron chi connectivity index (χ4n) is 3.94. The van der Waals surface area contributed by atoms with Gasteiger partial charge in [0.1, 0.15) is 17.4 Å². The summed E-state index contributed by atoms with van der Waals surface area (Å²) in [5, 5.41) is 7.01. The van der Waals surface area contributed by atoms with Crippen LogP contribution < -0.4 is 15.4 Å². The number of aliphatic imine (C=N–C) groups is 1. The Kier molecular flexibility index (Phi) is 6.66. The van der Waals surface area contributed by atoms with E-state index in [0.29, 0.717) is 28.6 Å². The molecule has 0 fully saturated rings. The van der Waals surface area contributed by atoms with Crippen molar-refractivity contribution in [2.45, 2.75) is 19.4 Å². The van der Waals surface area contributed by atoms with Crippen molar-refractivity contribution >= 4 is 40.1 Å². The molecule has 0 bridgehead atoms. The van der Waals surface area contributed by atoms with Crippen LogP contribution in [-0.4, -0.2) is 29.2 Å². The molecule has 2 heterocycles. The molecule has 180 valence electrons. The summed E-state index contributed by atoms with van der Waals surface area (Å²) in [6, 6.07) is 18.9. The molecule has 1 amide bonds. The van der Waals surface area contributed by atoms with Crippen LogP contribution in [0.15, 0.2) is 77.9 Å². The normalized spacial score (nSPS) is 12.8. The summed E-state index contributed by atoms with van der Waals surface area (Å²) in [7, 11) is 1.61. The zero-order valence-electron chi connectivity index (χ0n) is 19.7. The molecule has 0 aliphatic carbocycles. The maximum absolute atomic E-state index is 13.2. The number of hydrogen-bond acceptors (Lipinski definition) is 6. The van der Waals surface area contributed by atoms with E-state index in [4.69, 9.17) is 14.7 Å². The minimum Gasteiger partial charge on any atom is -0.497 e. The third-order valence-corrected chi connectivity index (χ3v) is 5.86. The minimum absolute atomic E-state index is 0.261. The number of nitrogens with zero attached hydrogens (tertiary/aromatic N) is 3. The van der Waals surface area contributed by atoms with Gasteiger partial charge in [-0.2, -0.15) is 0 Å². The van der Waals surface area contributed by atoms with Gasteiger partial charge in [0.15, 0.2) is 5.82 Å². The highest BCUT2D eigenvalue weighted by molar-refractivity contribution is 6.01. The van der Waals surface area contributed by atoms with Gasteiger partial charge in [0.05, 0.1) is 23.9 Å². The first-order valence-electron chi connectivity index (χ1n) is 11.6. The van der Waals surface area contributed by atoms with E-state index < -0.39 is 0 Å². The maximum Gasteiger partial charge on any atom is 0.253 e. The van der Waals surface area contributed by atoms with E-state index >= 15 is 0 Å². The molecular weight excluding hydrogens is 457 g/mol. The molecule has 0 unspecified atom stereocenters. The summed E-state index contributed by atoms with van der Waals surface area (Å²) >= 11 is 0. The van der Waals surface area contributed by atoms with Crippen LogP contribution in [-0.2, 0) is 6.54 Å². The molecule has 8 heteroatoms. The number of anilines is 2. The number of fused-ring (bicyclic) bond motifs is 1. The number of carbonyl (C=O) groups excluding carboxylic acids is 1. The maximum atomic E-state index is 13.2. The summed E-state index contributed by atoms with van der Waals surface area (Å²) in [5.41, 5.74) is 3.55. The van der Waals surface area contributed by atoms with Crippen LogP contribution in [0.25, 0.3) is 16.5 Å². The second-order valence-corrected chi connectivity index (χ2v) is 8.28. The number of benzene rings is 3. The van der Waals surface area contributed by atoms with Crippen molar-refractivity contribution in [1.82, 2.24) is 15.3 Å². The standard InChI is InChI=1S/C28H24FN5O2/c1-36-21-12-13-25-23(15-21)27(34-26(32-25)19-5-4-14-30-17-19)33-24-7-3-2-6-22(24)28(35)31-16-18-8-10-20(29)11-9-18/h2-3,6-15,17H,4-5,16H2,1H3,(H,31,35)(H,32,33,34). The number of nitrogens with one attached hydrogen (secondary N) is 2. The lowest BCUT2D eigenvalue weighted by atomic mass is 10.1. The van der Waals surface area contributed by atoms with Gasteiger partial charge >= 0.3 is 0 Å². The van der Waals surface area contributed by atoms with E-state index in [9.17, 15) is 9.18 Å². The van der Waals surface area contributed by atoms with Crippen LogP contribution in [0.2, 0.25) is 0 Å². The lowest BCUT2D eigenvalue weighted by Crippen LogP contribution is -2.23. The second kappa shape index (κ2) is 10.4. The van der Waals surface area contributed by atoms with E-state index in [1.54, 1.807) is 37.6 Å². The van der Waals surface area contributed by atoms with Crippen LogP contribution in [0, 0.1) is 5.82 Å². The SMILES string of the molecule is COc1ccc2nc(C3=CN=CCC3)nc(Nc3ccccc3C(=O)NCc3ccc(F)cc3)c2c1. The Morgan fingerprint density at radius 3 is 2.67 bits per heavy atom. The highest BCUT2D eigenvalue weighted by Gasteiger charge is 2.16. The molecule has 0 radical (unpaired) electrons. The quantitative estimate of drug-likeness (QED) is 0.356. The Labute approximate surface area is 207 Å². The predicted octanol–water partition coefficient (Wildman–Crippen LogP) is 5.66. The summed E-state index contributed by atoms with van der Waals surface area (Å²) < 4.78 is 18.6. The van der Waals surface area contributed by atoms with Gasteiger partial charge in [-0.1, -0.05) is 24.3 Å². The molecular formula is C28H24FN5O2. The van der Waals surface area contributed by atoms with Crippen LogP contribution >= 0.6 is 0 Å². The molecule has 0 saturated heterocycles. The number of methoxy groups -OCH3 is 1. The number of aromatic nitrogens is 2. The average Bonchev–Trinajstić information content (AvgIpc) is 2.93. The van der Waals surface area contributed by atoms with E-state index in [0.717, 1.165) is 34.9 Å². The van der Waals surface area contributed by atoms with E-state index in [-0.39, 0.29) is 18.3 Å². The van der Waals surface area contributed by atoms with Crippen LogP contribution in [0.5, 0.6) is 5.75 Å². The molecule has 0 spiro atoms. The van der Waals surface area contributed by atoms with Gasteiger partial charge in [0, 0.05) is 29.9 Å². The van der Waals surface area contributed by atoms with Gasteiger partial charge < -0.3 is 15.4 Å². The van der Waals surface area contributed by atoms with Crippen molar-refractivity contribution in [3.05, 3.63) is 95.7 Å². The molecule has 2 N–H and O–H groups in total. The molecule has 0 saturated carbocycles. The molecule has 3 aromatic carbocycles. The zero-order chi connectivity index (χ0) is 24.9. The smallest absolute Gasteiger partial charge is 0.253 e. The Morgan fingerprint density at radius 1 is 1.06 bits per heavy atom.